The molecule has 2 aromatic rings. The van der Waals surface area contributed by atoms with Crippen molar-refractivity contribution in [2.24, 2.45) is 7.05 Å². The second-order valence-electron chi connectivity index (χ2n) is 4.53. The average molecular weight is 293 g/mol. The number of benzene rings is 1. The van der Waals surface area contributed by atoms with Crippen molar-refractivity contribution in [3.8, 4) is 5.75 Å². The first-order chi connectivity index (χ1) is 9.52. The number of nitrogens with zero attached hydrogens (tertiary/aromatic N) is 2. The van der Waals surface area contributed by atoms with E-state index in [1.807, 2.05) is 13.8 Å². The van der Waals surface area contributed by atoms with Gasteiger partial charge in [0.05, 0.1) is 29.4 Å². The van der Waals surface area contributed by atoms with Gasteiger partial charge in [-0.15, -0.1) is 0 Å². The number of ether oxygens (including phenoxy) is 1. The summed E-state index contributed by atoms with van der Waals surface area (Å²) in [5.74, 6) is 0.774. The molecule has 0 spiro atoms. The number of hydrogen-bond acceptors (Lipinski definition) is 3. The van der Waals surface area contributed by atoms with Gasteiger partial charge >= 0.3 is 0 Å². The molecule has 0 unspecified atom stereocenters. The van der Waals surface area contributed by atoms with Crippen molar-refractivity contribution < 1.29 is 9.53 Å². The zero-order chi connectivity index (χ0) is 14.7. The third-order valence-corrected chi connectivity index (χ3v) is 3.57. The van der Waals surface area contributed by atoms with Gasteiger partial charge in [-0.3, -0.25) is 9.48 Å². The molecule has 0 N–H and O–H groups in total. The van der Waals surface area contributed by atoms with E-state index in [9.17, 15) is 4.79 Å². The van der Waals surface area contributed by atoms with Gasteiger partial charge in [0, 0.05) is 12.6 Å². The number of carbonyl (C=O) groups is 1. The molecule has 0 radical (unpaired) electrons. The molecule has 1 heterocycles. The van der Waals surface area contributed by atoms with E-state index in [-0.39, 0.29) is 12.2 Å². The van der Waals surface area contributed by atoms with E-state index in [1.165, 1.54) is 0 Å². The minimum atomic E-state index is 0.0120. The maximum Gasteiger partial charge on any atom is 0.168 e. The third kappa shape index (κ3) is 3.02. The number of aryl methyl sites for hydroxylation is 2. The Morgan fingerprint density at radius 1 is 1.35 bits per heavy atom. The molecule has 0 aliphatic heterocycles. The number of aromatic nitrogens is 2. The van der Waals surface area contributed by atoms with E-state index in [2.05, 4.69) is 5.10 Å². The molecule has 0 bridgehead atoms. The van der Waals surface area contributed by atoms with Gasteiger partial charge in [0.2, 0.25) is 0 Å². The van der Waals surface area contributed by atoms with Gasteiger partial charge in [0.15, 0.2) is 5.78 Å². The fourth-order valence-electron chi connectivity index (χ4n) is 2.03. The van der Waals surface area contributed by atoms with Gasteiger partial charge in [-0.05, 0) is 38.1 Å². The van der Waals surface area contributed by atoms with Crippen LogP contribution in [0.1, 0.15) is 28.7 Å². The van der Waals surface area contributed by atoms with Crippen molar-refractivity contribution >= 4 is 17.4 Å². The normalized spacial score (nSPS) is 10.6. The smallest absolute Gasteiger partial charge is 0.168 e. The Bertz CT molecular complexity index is 618. The van der Waals surface area contributed by atoms with Gasteiger partial charge in [0.1, 0.15) is 5.75 Å². The second kappa shape index (κ2) is 6.09. The lowest BCUT2D eigenvalue weighted by atomic mass is 10.1. The molecule has 1 aromatic carbocycles. The van der Waals surface area contributed by atoms with Crippen LogP contribution in [0.25, 0.3) is 0 Å². The van der Waals surface area contributed by atoms with Gasteiger partial charge < -0.3 is 4.74 Å². The third-order valence-electron chi connectivity index (χ3n) is 3.08. The molecule has 2 rings (SSSR count). The molecular weight excluding hydrogens is 276 g/mol. The second-order valence-corrected chi connectivity index (χ2v) is 4.91. The highest BCUT2D eigenvalue weighted by atomic mass is 35.5. The number of carbonyl (C=O) groups excluding carboxylic acids is 1. The predicted molar refractivity (Wildman–Crippen MR) is 78.6 cm³/mol. The lowest BCUT2D eigenvalue weighted by Crippen LogP contribution is -2.08. The summed E-state index contributed by atoms with van der Waals surface area (Å²) in [6, 6.07) is 7.13. The molecule has 0 amide bonds. The maximum atomic E-state index is 12.3. The zero-order valence-electron chi connectivity index (χ0n) is 11.8. The lowest BCUT2D eigenvalue weighted by Gasteiger charge is -2.05. The first-order valence-corrected chi connectivity index (χ1v) is 6.84. The van der Waals surface area contributed by atoms with E-state index in [0.29, 0.717) is 17.2 Å². The van der Waals surface area contributed by atoms with E-state index >= 15 is 0 Å². The standard InChI is InChI=1S/C15H17ClN2O2/c1-4-20-12-7-5-11(6-8-12)14(19)9-13-15(16)10(2)17-18(13)3/h5-8H,4,9H2,1-3H3. The summed E-state index contributed by atoms with van der Waals surface area (Å²) in [6.45, 7) is 4.36. The summed E-state index contributed by atoms with van der Waals surface area (Å²) in [4.78, 5) is 12.3. The summed E-state index contributed by atoms with van der Waals surface area (Å²) >= 11 is 6.16. The van der Waals surface area contributed by atoms with Crippen LogP contribution in [0.4, 0.5) is 0 Å². The van der Waals surface area contributed by atoms with Crippen LogP contribution in [0.5, 0.6) is 5.75 Å². The number of hydrogen-bond donors (Lipinski definition) is 0. The summed E-state index contributed by atoms with van der Waals surface area (Å²) in [5, 5.41) is 4.77. The molecule has 0 saturated heterocycles. The number of Topliss-reactive ketones (excluding diaryl/α,β-unsaturated/α-hetero) is 1. The summed E-state index contributed by atoms with van der Waals surface area (Å²) in [6.07, 6.45) is 0.240. The van der Waals surface area contributed by atoms with Crippen LogP contribution in [0.15, 0.2) is 24.3 Å². The average Bonchev–Trinajstić information content (AvgIpc) is 2.66. The SMILES string of the molecule is CCOc1ccc(C(=O)Cc2c(Cl)c(C)nn2C)cc1. The van der Waals surface area contributed by atoms with Gasteiger partial charge in [-0.1, -0.05) is 11.6 Å². The Labute approximate surface area is 123 Å². The Hall–Kier alpha value is -1.81. The molecule has 0 saturated carbocycles. The summed E-state index contributed by atoms with van der Waals surface area (Å²) in [7, 11) is 1.79. The van der Waals surface area contributed by atoms with Crippen molar-refractivity contribution in [1.29, 1.82) is 0 Å². The van der Waals surface area contributed by atoms with Crippen LogP contribution in [0.3, 0.4) is 0 Å². The molecule has 0 fully saturated rings. The molecular formula is C15H17ClN2O2. The van der Waals surface area contributed by atoms with E-state index in [0.717, 1.165) is 17.1 Å². The van der Waals surface area contributed by atoms with Gasteiger partial charge in [-0.2, -0.15) is 5.10 Å². The lowest BCUT2D eigenvalue weighted by molar-refractivity contribution is 0.0990. The minimum Gasteiger partial charge on any atom is -0.494 e. The van der Waals surface area contributed by atoms with Crippen LogP contribution >= 0.6 is 11.6 Å². The van der Waals surface area contributed by atoms with Gasteiger partial charge in [0.25, 0.3) is 0 Å². The van der Waals surface area contributed by atoms with Crippen molar-refractivity contribution in [1.82, 2.24) is 9.78 Å². The van der Waals surface area contributed by atoms with E-state index in [4.69, 9.17) is 16.3 Å². The highest BCUT2D eigenvalue weighted by molar-refractivity contribution is 6.32. The molecule has 1 aromatic heterocycles. The van der Waals surface area contributed by atoms with Crippen LogP contribution in [0.2, 0.25) is 5.02 Å². The molecule has 0 aliphatic carbocycles. The van der Waals surface area contributed by atoms with Crippen LogP contribution in [-0.4, -0.2) is 22.2 Å². The fourth-order valence-corrected chi connectivity index (χ4v) is 2.26. The Morgan fingerprint density at radius 3 is 2.50 bits per heavy atom. The molecule has 106 valence electrons. The van der Waals surface area contributed by atoms with Crippen molar-refractivity contribution in [2.45, 2.75) is 20.3 Å². The summed E-state index contributed by atoms with van der Waals surface area (Å²) in [5.41, 5.74) is 2.12. The highest BCUT2D eigenvalue weighted by Crippen LogP contribution is 2.21. The number of halogens is 1. The molecule has 0 atom stereocenters. The first kappa shape index (κ1) is 14.6. The Morgan fingerprint density at radius 2 is 2.00 bits per heavy atom. The first-order valence-electron chi connectivity index (χ1n) is 6.47. The van der Waals surface area contributed by atoms with Crippen LogP contribution < -0.4 is 4.74 Å². The Kier molecular flexibility index (Phi) is 4.45. The minimum absolute atomic E-state index is 0.0120. The van der Waals surface area contributed by atoms with Crippen LogP contribution in [0, 0.1) is 6.92 Å². The Balaban J connectivity index is 2.15. The number of ketones is 1. The topological polar surface area (TPSA) is 44.1 Å². The monoisotopic (exact) mass is 292 g/mol. The molecule has 4 nitrogen and oxygen atoms in total. The quantitative estimate of drug-likeness (QED) is 0.795. The zero-order valence-corrected chi connectivity index (χ0v) is 12.6. The largest absolute Gasteiger partial charge is 0.494 e. The molecule has 20 heavy (non-hydrogen) atoms. The fraction of sp³-hybridized carbons (Fsp3) is 0.333. The maximum absolute atomic E-state index is 12.3. The number of rotatable bonds is 5. The van der Waals surface area contributed by atoms with Crippen LogP contribution in [-0.2, 0) is 13.5 Å². The summed E-state index contributed by atoms with van der Waals surface area (Å²) < 4.78 is 7.01. The molecule has 0 aliphatic rings. The van der Waals surface area contributed by atoms with E-state index < -0.39 is 0 Å². The van der Waals surface area contributed by atoms with Crippen molar-refractivity contribution in [2.75, 3.05) is 6.61 Å². The highest BCUT2D eigenvalue weighted by Gasteiger charge is 2.16. The van der Waals surface area contributed by atoms with Gasteiger partial charge in [-0.25, -0.2) is 0 Å². The van der Waals surface area contributed by atoms with Crippen molar-refractivity contribution in [3.63, 3.8) is 0 Å². The van der Waals surface area contributed by atoms with E-state index in [1.54, 1.807) is 36.0 Å². The van der Waals surface area contributed by atoms with Crippen molar-refractivity contribution in [3.05, 3.63) is 46.2 Å². The predicted octanol–water partition coefficient (Wildman–Crippen LogP) is 3.21. The molecule has 5 heteroatoms.